The average Bonchev–Trinajstić information content (AvgIpc) is 2.63. The molecule has 0 aliphatic rings. The van der Waals surface area contributed by atoms with Gasteiger partial charge in [0.25, 0.3) is 0 Å². The summed E-state index contributed by atoms with van der Waals surface area (Å²) in [5.41, 5.74) is 2.26. The van der Waals surface area contributed by atoms with Gasteiger partial charge in [0.1, 0.15) is 6.10 Å². The lowest BCUT2D eigenvalue weighted by Crippen LogP contribution is -1.99. The van der Waals surface area contributed by atoms with Crippen LogP contribution in [0.25, 0.3) is 0 Å². The van der Waals surface area contributed by atoms with Gasteiger partial charge in [-0.3, -0.25) is 4.98 Å². The number of furan rings is 1. The van der Waals surface area contributed by atoms with Crippen molar-refractivity contribution in [1.29, 1.82) is 0 Å². The minimum Gasteiger partial charge on any atom is -0.453 e. The van der Waals surface area contributed by atoms with Crippen molar-refractivity contribution in [2.45, 2.75) is 13.0 Å². The molecule has 2 aromatic heterocycles. The number of aryl methyl sites for hydroxylation is 1. The zero-order valence-corrected chi connectivity index (χ0v) is 8.90. The van der Waals surface area contributed by atoms with Crippen molar-refractivity contribution in [3.8, 4) is 0 Å². The summed E-state index contributed by atoms with van der Waals surface area (Å²) in [7, 11) is 0. The first-order valence-corrected chi connectivity index (χ1v) is 4.89. The van der Waals surface area contributed by atoms with Gasteiger partial charge in [0.15, 0.2) is 5.22 Å². The zero-order chi connectivity index (χ0) is 10.8. The first-order chi connectivity index (χ1) is 7.18. The molecule has 2 aromatic rings. The number of hydrogen-bond acceptors (Lipinski definition) is 3. The van der Waals surface area contributed by atoms with Crippen LogP contribution in [0.4, 0.5) is 0 Å². The van der Waals surface area contributed by atoms with Gasteiger partial charge in [-0.25, -0.2) is 0 Å². The molecule has 1 unspecified atom stereocenters. The molecule has 0 radical (unpaired) electrons. The molecule has 0 aliphatic carbocycles. The molecule has 0 fully saturated rings. The van der Waals surface area contributed by atoms with Gasteiger partial charge < -0.3 is 9.52 Å². The van der Waals surface area contributed by atoms with Crippen LogP contribution in [0.3, 0.4) is 0 Å². The van der Waals surface area contributed by atoms with Crippen LogP contribution in [-0.2, 0) is 0 Å². The fraction of sp³-hybridized carbons (Fsp3) is 0.182. The van der Waals surface area contributed by atoms with Gasteiger partial charge in [0.05, 0.1) is 6.26 Å². The highest BCUT2D eigenvalue weighted by Gasteiger charge is 2.16. The van der Waals surface area contributed by atoms with Crippen molar-refractivity contribution in [1.82, 2.24) is 4.98 Å². The Morgan fingerprint density at radius 1 is 1.47 bits per heavy atom. The maximum Gasteiger partial charge on any atom is 0.199 e. The van der Waals surface area contributed by atoms with E-state index in [1.54, 1.807) is 18.5 Å². The Kier molecular flexibility index (Phi) is 2.75. The highest BCUT2D eigenvalue weighted by atomic mass is 35.5. The van der Waals surface area contributed by atoms with E-state index in [1.165, 1.54) is 6.26 Å². The normalized spacial score (nSPS) is 12.7. The number of rotatable bonds is 2. The lowest BCUT2D eigenvalue weighted by molar-refractivity contribution is 0.219. The van der Waals surface area contributed by atoms with Gasteiger partial charge in [0, 0.05) is 23.5 Å². The molecular formula is C11H10ClNO2. The van der Waals surface area contributed by atoms with Crippen LogP contribution < -0.4 is 0 Å². The van der Waals surface area contributed by atoms with E-state index in [9.17, 15) is 5.11 Å². The molecule has 0 spiro atoms. The summed E-state index contributed by atoms with van der Waals surface area (Å²) < 4.78 is 4.92. The molecule has 0 amide bonds. The number of nitrogens with zero attached hydrogens (tertiary/aromatic N) is 1. The molecular weight excluding hydrogens is 214 g/mol. The summed E-state index contributed by atoms with van der Waals surface area (Å²) in [6, 6.07) is 3.51. The van der Waals surface area contributed by atoms with Crippen LogP contribution in [0.5, 0.6) is 0 Å². The smallest absolute Gasteiger partial charge is 0.199 e. The highest BCUT2D eigenvalue weighted by molar-refractivity contribution is 6.29. The SMILES string of the molecule is Cc1cncc(C(O)c2ccoc2Cl)c1. The Morgan fingerprint density at radius 2 is 2.27 bits per heavy atom. The molecule has 2 rings (SSSR count). The first kappa shape index (κ1) is 10.2. The number of pyridine rings is 1. The molecule has 0 aliphatic heterocycles. The van der Waals surface area contributed by atoms with Crippen LogP contribution in [0.1, 0.15) is 22.8 Å². The molecule has 15 heavy (non-hydrogen) atoms. The number of halogens is 1. The Labute approximate surface area is 92.3 Å². The van der Waals surface area contributed by atoms with E-state index in [1.807, 2.05) is 13.0 Å². The minimum atomic E-state index is -0.788. The minimum absolute atomic E-state index is 0.212. The summed E-state index contributed by atoms with van der Waals surface area (Å²) in [6.07, 6.45) is 4.00. The average molecular weight is 224 g/mol. The Morgan fingerprint density at radius 3 is 2.87 bits per heavy atom. The van der Waals surface area contributed by atoms with E-state index in [2.05, 4.69) is 4.98 Å². The molecule has 0 saturated heterocycles. The molecule has 0 aromatic carbocycles. The Hall–Kier alpha value is -1.32. The van der Waals surface area contributed by atoms with Gasteiger partial charge in [-0.1, -0.05) is 6.07 Å². The summed E-state index contributed by atoms with van der Waals surface area (Å²) in [5, 5.41) is 10.2. The van der Waals surface area contributed by atoms with E-state index >= 15 is 0 Å². The third-order valence-corrected chi connectivity index (χ3v) is 2.46. The Bertz CT molecular complexity index is 467. The third kappa shape index (κ3) is 2.03. The molecule has 2 heterocycles. The van der Waals surface area contributed by atoms with E-state index in [-0.39, 0.29) is 5.22 Å². The summed E-state index contributed by atoms with van der Waals surface area (Å²) in [5.74, 6) is 0. The highest BCUT2D eigenvalue weighted by Crippen LogP contribution is 2.28. The predicted molar refractivity (Wildman–Crippen MR) is 56.8 cm³/mol. The van der Waals surface area contributed by atoms with Crippen LogP contribution in [0.15, 0.2) is 35.2 Å². The fourth-order valence-electron chi connectivity index (χ4n) is 1.41. The zero-order valence-electron chi connectivity index (χ0n) is 8.14. The summed E-state index contributed by atoms with van der Waals surface area (Å²) in [4.78, 5) is 4.01. The fourth-order valence-corrected chi connectivity index (χ4v) is 1.62. The second-order valence-electron chi connectivity index (χ2n) is 3.35. The molecule has 1 N–H and O–H groups in total. The second-order valence-corrected chi connectivity index (χ2v) is 3.69. The first-order valence-electron chi connectivity index (χ1n) is 4.51. The van der Waals surface area contributed by atoms with Crippen LogP contribution in [0, 0.1) is 6.92 Å². The Balaban J connectivity index is 2.36. The largest absolute Gasteiger partial charge is 0.453 e. The molecule has 1 atom stereocenters. The number of aliphatic hydroxyl groups is 1. The van der Waals surface area contributed by atoms with E-state index in [0.717, 1.165) is 5.56 Å². The standard InChI is InChI=1S/C11H10ClNO2/c1-7-4-8(6-13-5-7)10(14)9-2-3-15-11(9)12/h2-6,10,14H,1H3. The van der Waals surface area contributed by atoms with Crippen LogP contribution >= 0.6 is 11.6 Å². The number of aliphatic hydroxyl groups excluding tert-OH is 1. The van der Waals surface area contributed by atoms with Crippen molar-refractivity contribution in [2.75, 3.05) is 0 Å². The van der Waals surface area contributed by atoms with Crippen LogP contribution in [0.2, 0.25) is 5.22 Å². The number of hydrogen-bond donors (Lipinski definition) is 1. The van der Waals surface area contributed by atoms with E-state index in [4.69, 9.17) is 16.0 Å². The van der Waals surface area contributed by atoms with Crippen molar-refractivity contribution in [2.24, 2.45) is 0 Å². The van der Waals surface area contributed by atoms with Gasteiger partial charge in [-0.05, 0) is 30.2 Å². The van der Waals surface area contributed by atoms with Crippen LogP contribution in [-0.4, -0.2) is 10.1 Å². The molecule has 3 nitrogen and oxygen atoms in total. The third-order valence-electron chi connectivity index (χ3n) is 2.15. The van der Waals surface area contributed by atoms with Gasteiger partial charge in [-0.2, -0.15) is 0 Å². The molecule has 4 heteroatoms. The molecule has 0 saturated carbocycles. The van der Waals surface area contributed by atoms with Gasteiger partial charge >= 0.3 is 0 Å². The van der Waals surface area contributed by atoms with E-state index in [0.29, 0.717) is 11.1 Å². The molecule has 78 valence electrons. The lowest BCUT2D eigenvalue weighted by Gasteiger charge is -2.09. The number of aromatic nitrogens is 1. The van der Waals surface area contributed by atoms with Gasteiger partial charge in [-0.15, -0.1) is 0 Å². The quantitative estimate of drug-likeness (QED) is 0.852. The van der Waals surface area contributed by atoms with Crippen molar-refractivity contribution in [3.05, 3.63) is 52.7 Å². The van der Waals surface area contributed by atoms with Crippen molar-refractivity contribution < 1.29 is 9.52 Å². The van der Waals surface area contributed by atoms with Crippen molar-refractivity contribution in [3.63, 3.8) is 0 Å². The molecule has 0 bridgehead atoms. The topological polar surface area (TPSA) is 46.3 Å². The second kappa shape index (κ2) is 4.04. The summed E-state index contributed by atoms with van der Waals surface area (Å²) in [6.45, 7) is 1.92. The lowest BCUT2D eigenvalue weighted by atomic mass is 10.1. The van der Waals surface area contributed by atoms with E-state index < -0.39 is 6.10 Å². The summed E-state index contributed by atoms with van der Waals surface area (Å²) >= 11 is 5.78. The monoisotopic (exact) mass is 223 g/mol. The maximum atomic E-state index is 10.0. The van der Waals surface area contributed by atoms with Gasteiger partial charge in [0.2, 0.25) is 0 Å². The maximum absolute atomic E-state index is 10.0. The predicted octanol–water partition coefficient (Wildman–Crippen LogP) is 2.72. The van der Waals surface area contributed by atoms with Crippen molar-refractivity contribution >= 4 is 11.6 Å².